The van der Waals surface area contributed by atoms with Gasteiger partial charge in [-0.05, 0) is 43.7 Å². The molecule has 4 N–H and O–H groups in total. The van der Waals surface area contributed by atoms with E-state index < -0.39 is 6.09 Å². The Morgan fingerprint density at radius 2 is 2.12 bits per heavy atom. The van der Waals surface area contributed by atoms with Crippen molar-refractivity contribution in [3.8, 4) is 0 Å². The summed E-state index contributed by atoms with van der Waals surface area (Å²) in [5.74, 6) is 1.01. The van der Waals surface area contributed by atoms with Gasteiger partial charge in [-0.25, -0.2) is 14.3 Å². The number of nitrogen functional groups attached to an aromatic ring is 1. The van der Waals surface area contributed by atoms with Gasteiger partial charge in [0.2, 0.25) is 0 Å². The summed E-state index contributed by atoms with van der Waals surface area (Å²) in [7, 11) is 0. The Morgan fingerprint density at radius 3 is 2.92 bits per heavy atom. The third kappa shape index (κ3) is 3.37. The number of aromatic nitrogens is 3. The highest BCUT2D eigenvalue weighted by molar-refractivity contribution is 5.83. The number of rotatable bonds is 4. The number of carbonyl (C=O) groups excluding carboxylic acids is 1. The number of nitrogens with one attached hydrogen (secondary N) is 2. The average Bonchev–Trinajstić information content (AvgIpc) is 2.92. The van der Waals surface area contributed by atoms with Crippen molar-refractivity contribution in [3.63, 3.8) is 0 Å². The van der Waals surface area contributed by atoms with Crippen LogP contribution in [0.3, 0.4) is 0 Å². The highest BCUT2D eigenvalue weighted by Crippen LogP contribution is 2.22. The maximum Gasteiger partial charge on any atom is 0.412 e. The maximum atomic E-state index is 11.4. The van der Waals surface area contributed by atoms with E-state index in [1.165, 1.54) is 0 Å². The van der Waals surface area contributed by atoms with Crippen LogP contribution in [0.4, 0.5) is 27.8 Å². The van der Waals surface area contributed by atoms with Crippen LogP contribution in [0, 0.1) is 6.92 Å². The second-order valence-corrected chi connectivity index (χ2v) is 5.19. The zero-order valence-corrected chi connectivity index (χ0v) is 13.4. The van der Waals surface area contributed by atoms with E-state index in [-0.39, 0.29) is 0 Å². The van der Waals surface area contributed by atoms with Gasteiger partial charge in [0.25, 0.3) is 0 Å². The number of ether oxygens (including phenoxy) is 1. The molecule has 0 saturated carbocycles. The molecule has 124 valence electrons. The van der Waals surface area contributed by atoms with Gasteiger partial charge in [0.15, 0.2) is 17.3 Å². The number of anilines is 4. The molecule has 0 bridgehead atoms. The summed E-state index contributed by atoms with van der Waals surface area (Å²) in [6, 6.07) is 9.24. The predicted octanol–water partition coefficient (Wildman–Crippen LogP) is 2.93. The minimum absolute atomic E-state index is 0.297. The lowest BCUT2D eigenvalue weighted by Crippen LogP contribution is -2.13. The summed E-state index contributed by atoms with van der Waals surface area (Å²) in [6.07, 6.45) is 1.07. The summed E-state index contributed by atoms with van der Waals surface area (Å²) < 4.78 is 6.40. The van der Waals surface area contributed by atoms with Crippen molar-refractivity contribution < 1.29 is 9.53 Å². The van der Waals surface area contributed by atoms with Crippen molar-refractivity contribution in [2.45, 2.75) is 13.8 Å². The predicted molar refractivity (Wildman–Crippen MR) is 92.5 cm³/mol. The summed E-state index contributed by atoms with van der Waals surface area (Å²) in [6.45, 7) is 4.02. The summed E-state index contributed by atoms with van der Waals surface area (Å²) in [4.78, 5) is 15.7. The van der Waals surface area contributed by atoms with Crippen LogP contribution in [-0.2, 0) is 4.74 Å². The number of carbonyl (C=O) groups is 1. The lowest BCUT2D eigenvalue weighted by molar-refractivity contribution is 0.168. The van der Waals surface area contributed by atoms with Crippen molar-refractivity contribution in [2.75, 3.05) is 23.0 Å². The number of hydrogen-bond acceptors (Lipinski definition) is 6. The minimum Gasteiger partial charge on any atom is -0.450 e. The number of aryl methyl sites for hydroxylation is 1. The lowest BCUT2D eigenvalue weighted by Gasteiger charge is -2.09. The van der Waals surface area contributed by atoms with Gasteiger partial charge in [0, 0.05) is 11.4 Å². The Labute approximate surface area is 138 Å². The zero-order chi connectivity index (χ0) is 17.1. The van der Waals surface area contributed by atoms with Crippen molar-refractivity contribution in [2.24, 2.45) is 0 Å². The van der Waals surface area contributed by atoms with Gasteiger partial charge >= 0.3 is 6.09 Å². The number of fused-ring (bicyclic) bond motifs is 1. The number of benzene rings is 1. The molecule has 8 nitrogen and oxygen atoms in total. The maximum absolute atomic E-state index is 11.4. The second-order valence-electron chi connectivity index (χ2n) is 5.19. The van der Waals surface area contributed by atoms with Gasteiger partial charge in [-0.1, -0.05) is 6.07 Å². The first-order valence-electron chi connectivity index (χ1n) is 7.48. The number of nitrogens with two attached hydrogens (primary N) is 1. The van der Waals surface area contributed by atoms with Gasteiger partial charge in [-0.15, -0.1) is 5.10 Å². The first-order valence-corrected chi connectivity index (χ1v) is 7.48. The smallest absolute Gasteiger partial charge is 0.412 e. The molecule has 0 aliphatic carbocycles. The van der Waals surface area contributed by atoms with Gasteiger partial charge in [0.1, 0.15) is 0 Å². The Hall–Kier alpha value is -3.29. The van der Waals surface area contributed by atoms with Crippen LogP contribution in [0.25, 0.3) is 5.65 Å². The average molecular weight is 326 g/mol. The molecular weight excluding hydrogens is 308 g/mol. The highest BCUT2D eigenvalue weighted by Gasteiger charge is 2.08. The second kappa shape index (κ2) is 6.45. The number of imidazole rings is 1. The molecule has 2 aromatic heterocycles. The number of hydrogen-bond donors (Lipinski definition) is 3. The van der Waals surface area contributed by atoms with Crippen LogP contribution in [0.2, 0.25) is 0 Å². The van der Waals surface area contributed by atoms with E-state index in [0.29, 0.717) is 29.6 Å². The van der Waals surface area contributed by atoms with Crippen LogP contribution >= 0.6 is 0 Å². The van der Waals surface area contributed by atoms with Crippen LogP contribution in [0.5, 0.6) is 0 Å². The SMILES string of the molecule is CCOC(=O)Nc1cn2nc(Nc3cc(N)ccc3C)ccc2n1. The van der Waals surface area contributed by atoms with Crippen molar-refractivity contribution in [1.29, 1.82) is 0 Å². The first-order chi connectivity index (χ1) is 11.5. The molecule has 3 rings (SSSR count). The molecule has 0 saturated heterocycles. The van der Waals surface area contributed by atoms with Gasteiger partial charge in [0.05, 0.1) is 12.8 Å². The van der Waals surface area contributed by atoms with E-state index >= 15 is 0 Å². The molecule has 8 heteroatoms. The van der Waals surface area contributed by atoms with E-state index in [2.05, 4.69) is 20.7 Å². The molecular formula is C16H18N6O2. The fourth-order valence-electron chi connectivity index (χ4n) is 2.19. The van der Waals surface area contributed by atoms with E-state index in [1.54, 1.807) is 29.8 Å². The molecule has 0 unspecified atom stereocenters. The van der Waals surface area contributed by atoms with Crippen LogP contribution in [0.1, 0.15) is 12.5 Å². The summed E-state index contributed by atoms with van der Waals surface area (Å²) in [5.41, 5.74) is 9.04. The molecule has 0 fully saturated rings. The normalized spacial score (nSPS) is 10.6. The summed E-state index contributed by atoms with van der Waals surface area (Å²) >= 11 is 0. The Morgan fingerprint density at radius 1 is 1.29 bits per heavy atom. The lowest BCUT2D eigenvalue weighted by atomic mass is 10.2. The van der Waals surface area contributed by atoms with Crippen molar-refractivity contribution in [1.82, 2.24) is 14.6 Å². The molecule has 0 atom stereocenters. The van der Waals surface area contributed by atoms with E-state index in [4.69, 9.17) is 10.5 Å². The topological polar surface area (TPSA) is 107 Å². The molecule has 1 aromatic carbocycles. The van der Waals surface area contributed by atoms with Crippen molar-refractivity contribution >= 4 is 34.8 Å². The minimum atomic E-state index is -0.547. The molecule has 2 heterocycles. The summed E-state index contributed by atoms with van der Waals surface area (Å²) in [5, 5.41) is 10.2. The van der Waals surface area contributed by atoms with E-state index in [9.17, 15) is 4.79 Å². The van der Waals surface area contributed by atoms with Crippen molar-refractivity contribution in [3.05, 3.63) is 42.1 Å². The van der Waals surface area contributed by atoms with Gasteiger partial charge in [-0.3, -0.25) is 5.32 Å². The highest BCUT2D eigenvalue weighted by atomic mass is 16.5. The Balaban J connectivity index is 1.83. The standard InChI is InChI=1S/C16H18N6O2/c1-3-24-16(23)20-14-9-22-15(19-14)7-6-13(21-22)18-12-8-11(17)5-4-10(12)2/h4-9H,3,17H2,1-2H3,(H,18,21)(H,20,23). The molecule has 0 radical (unpaired) electrons. The number of nitrogens with zero attached hydrogens (tertiary/aromatic N) is 3. The first kappa shape index (κ1) is 15.6. The third-order valence-electron chi connectivity index (χ3n) is 3.35. The fraction of sp³-hybridized carbons (Fsp3) is 0.188. The fourth-order valence-corrected chi connectivity index (χ4v) is 2.19. The van der Waals surface area contributed by atoms with Crippen LogP contribution in [-0.4, -0.2) is 27.3 Å². The van der Waals surface area contributed by atoms with Crippen LogP contribution < -0.4 is 16.4 Å². The molecule has 0 spiro atoms. The van der Waals surface area contributed by atoms with E-state index in [1.807, 2.05) is 25.1 Å². The molecule has 1 amide bonds. The largest absolute Gasteiger partial charge is 0.450 e. The Bertz CT molecular complexity index is 889. The third-order valence-corrected chi connectivity index (χ3v) is 3.35. The molecule has 0 aliphatic heterocycles. The van der Waals surface area contributed by atoms with E-state index in [0.717, 1.165) is 11.3 Å². The molecule has 24 heavy (non-hydrogen) atoms. The quantitative estimate of drug-likeness (QED) is 0.636. The number of amides is 1. The Kier molecular flexibility index (Phi) is 4.19. The van der Waals surface area contributed by atoms with Crippen LogP contribution in [0.15, 0.2) is 36.5 Å². The molecule has 0 aliphatic rings. The monoisotopic (exact) mass is 326 g/mol. The van der Waals surface area contributed by atoms with Gasteiger partial charge in [-0.2, -0.15) is 0 Å². The van der Waals surface area contributed by atoms with Gasteiger partial charge < -0.3 is 15.8 Å². The molecule has 3 aromatic rings. The zero-order valence-electron chi connectivity index (χ0n) is 13.4.